The second-order valence-corrected chi connectivity index (χ2v) is 8.36. The molecule has 2 aliphatic rings. The van der Waals surface area contributed by atoms with Gasteiger partial charge in [0.15, 0.2) is 5.96 Å². The summed E-state index contributed by atoms with van der Waals surface area (Å²) in [5.41, 5.74) is 1.19. The van der Waals surface area contributed by atoms with Crippen LogP contribution in [-0.4, -0.2) is 80.7 Å². The maximum Gasteiger partial charge on any atom is 0.191 e. The number of aliphatic imine (C=N–C) groups is 1. The Morgan fingerprint density at radius 2 is 1.90 bits per heavy atom. The zero-order chi connectivity index (χ0) is 21.5. The molecule has 2 saturated heterocycles. The maximum atomic E-state index is 5.73. The van der Waals surface area contributed by atoms with Crippen LogP contribution in [0.15, 0.2) is 46.1 Å². The van der Waals surface area contributed by atoms with Crippen molar-refractivity contribution in [3.8, 4) is 0 Å². The number of aromatic nitrogens is 1. The van der Waals surface area contributed by atoms with Crippen LogP contribution in [0.5, 0.6) is 0 Å². The standard InChI is InChI=1S/C23H35N7O/c1-24-23(27-18-20(21-8-6-16-31-21)29-10-3-4-11-29)26-17-19-7-5-9-25-22(19)30-14-12-28(2)13-15-30/h5-9,16,20H,3-4,10-15,17-18H2,1-2H3,(H2,24,26,27). The van der Waals surface area contributed by atoms with Gasteiger partial charge in [-0.25, -0.2) is 4.98 Å². The molecule has 0 aliphatic carbocycles. The molecule has 31 heavy (non-hydrogen) atoms. The fourth-order valence-corrected chi connectivity index (χ4v) is 4.41. The molecule has 2 aliphatic heterocycles. The first-order valence-electron chi connectivity index (χ1n) is 11.3. The van der Waals surface area contributed by atoms with Gasteiger partial charge in [0.2, 0.25) is 0 Å². The number of piperazine rings is 1. The Morgan fingerprint density at radius 1 is 1.10 bits per heavy atom. The first-order valence-corrected chi connectivity index (χ1v) is 11.3. The lowest BCUT2D eigenvalue weighted by Crippen LogP contribution is -2.45. The van der Waals surface area contributed by atoms with Crippen molar-refractivity contribution in [3.63, 3.8) is 0 Å². The summed E-state index contributed by atoms with van der Waals surface area (Å²) < 4.78 is 5.73. The van der Waals surface area contributed by atoms with Gasteiger partial charge in [0.1, 0.15) is 11.6 Å². The Bertz CT molecular complexity index is 824. The normalized spacial score (nSPS) is 19.5. The summed E-state index contributed by atoms with van der Waals surface area (Å²) in [5.74, 6) is 2.88. The quantitative estimate of drug-likeness (QED) is 0.519. The number of hydrogen-bond acceptors (Lipinski definition) is 6. The predicted molar refractivity (Wildman–Crippen MR) is 124 cm³/mol. The van der Waals surface area contributed by atoms with E-state index in [2.05, 4.69) is 54.5 Å². The first kappa shape index (κ1) is 21.6. The van der Waals surface area contributed by atoms with E-state index in [9.17, 15) is 0 Å². The van der Waals surface area contributed by atoms with E-state index in [0.717, 1.165) is 63.4 Å². The van der Waals surface area contributed by atoms with Gasteiger partial charge < -0.3 is 24.9 Å². The van der Waals surface area contributed by atoms with E-state index in [4.69, 9.17) is 4.42 Å². The van der Waals surface area contributed by atoms with Crippen molar-refractivity contribution < 1.29 is 4.42 Å². The Labute approximate surface area is 185 Å². The fourth-order valence-electron chi connectivity index (χ4n) is 4.41. The Kier molecular flexibility index (Phi) is 7.43. The van der Waals surface area contributed by atoms with Gasteiger partial charge in [0, 0.05) is 58.1 Å². The topological polar surface area (TPSA) is 72.2 Å². The van der Waals surface area contributed by atoms with Crippen LogP contribution in [0.3, 0.4) is 0 Å². The van der Waals surface area contributed by atoms with Crippen molar-refractivity contribution in [2.24, 2.45) is 4.99 Å². The van der Waals surface area contributed by atoms with Gasteiger partial charge in [-0.3, -0.25) is 9.89 Å². The van der Waals surface area contributed by atoms with Crippen molar-refractivity contribution in [1.82, 2.24) is 25.4 Å². The van der Waals surface area contributed by atoms with Crippen LogP contribution >= 0.6 is 0 Å². The number of anilines is 1. The molecule has 4 heterocycles. The third-order valence-electron chi connectivity index (χ3n) is 6.26. The number of likely N-dealkylation sites (N-methyl/N-ethyl adjacent to an activating group) is 1. The Hall–Kier alpha value is -2.58. The lowest BCUT2D eigenvalue weighted by molar-refractivity contribution is 0.215. The average Bonchev–Trinajstić information content (AvgIpc) is 3.52. The SMILES string of the molecule is CN=C(NCc1cccnc1N1CCN(C)CC1)NCC(c1ccco1)N1CCCC1. The summed E-state index contributed by atoms with van der Waals surface area (Å²) in [4.78, 5) is 16.4. The van der Waals surface area contributed by atoms with E-state index in [1.807, 2.05) is 25.4 Å². The molecule has 0 saturated carbocycles. The number of nitrogens with zero attached hydrogens (tertiary/aromatic N) is 5. The van der Waals surface area contributed by atoms with Crippen LogP contribution in [0, 0.1) is 0 Å². The third kappa shape index (κ3) is 5.57. The summed E-state index contributed by atoms with van der Waals surface area (Å²) in [7, 11) is 3.99. The number of rotatable bonds is 7. The summed E-state index contributed by atoms with van der Waals surface area (Å²) in [6.45, 7) is 7.82. The van der Waals surface area contributed by atoms with Crippen molar-refractivity contribution in [2.75, 3.05) is 64.8 Å². The third-order valence-corrected chi connectivity index (χ3v) is 6.26. The fraction of sp³-hybridized carbons (Fsp3) is 0.565. The van der Waals surface area contributed by atoms with Gasteiger partial charge in [-0.15, -0.1) is 0 Å². The van der Waals surface area contributed by atoms with E-state index in [1.165, 1.54) is 18.4 Å². The highest BCUT2D eigenvalue weighted by molar-refractivity contribution is 5.79. The molecule has 0 radical (unpaired) electrons. The molecule has 4 rings (SSSR count). The van der Waals surface area contributed by atoms with E-state index < -0.39 is 0 Å². The number of hydrogen-bond donors (Lipinski definition) is 2. The van der Waals surface area contributed by atoms with Crippen molar-refractivity contribution in [1.29, 1.82) is 0 Å². The zero-order valence-electron chi connectivity index (χ0n) is 18.8. The largest absolute Gasteiger partial charge is 0.468 e. The van der Waals surface area contributed by atoms with Crippen LogP contribution in [0.25, 0.3) is 0 Å². The van der Waals surface area contributed by atoms with Gasteiger partial charge >= 0.3 is 0 Å². The van der Waals surface area contributed by atoms with Gasteiger partial charge in [-0.1, -0.05) is 6.07 Å². The molecule has 0 aromatic carbocycles. The van der Waals surface area contributed by atoms with Crippen LogP contribution < -0.4 is 15.5 Å². The second-order valence-electron chi connectivity index (χ2n) is 8.36. The van der Waals surface area contributed by atoms with E-state index >= 15 is 0 Å². The Morgan fingerprint density at radius 3 is 2.61 bits per heavy atom. The number of guanidine groups is 1. The molecule has 168 valence electrons. The van der Waals surface area contributed by atoms with Gasteiger partial charge in [-0.05, 0) is 51.2 Å². The molecule has 8 heteroatoms. The summed E-state index contributed by atoms with van der Waals surface area (Å²) in [6, 6.07) is 8.41. The monoisotopic (exact) mass is 425 g/mol. The Balaban J connectivity index is 1.36. The molecule has 2 aromatic heterocycles. The lowest BCUT2D eigenvalue weighted by Gasteiger charge is -2.34. The number of likely N-dealkylation sites (tertiary alicyclic amines) is 1. The predicted octanol–water partition coefficient (Wildman–Crippen LogP) is 1.93. The zero-order valence-corrected chi connectivity index (χ0v) is 18.8. The molecule has 2 N–H and O–H groups in total. The molecule has 1 atom stereocenters. The summed E-state index contributed by atoms with van der Waals surface area (Å²) in [6.07, 6.45) is 6.14. The molecule has 2 aromatic rings. The maximum absolute atomic E-state index is 5.73. The van der Waals surface area contributed by atoms with E-state index in [1.54, 1.807) is 6.26 Å². The summed E-state index contributed by atoms with van der Waals surface area (Å²) in [5, 5.41) is 6.98. The minimum Gasteiger partial charge on any atom is -0.468 e. The molecular formula is C23H35N7O. The molecule has 0 spiro atoms. The lowest BCUT2D eigenvalue weighted by atomic mass is 10.2. The van der Waals surface area contributed by atoms with Gasteiger partial charge in [0.05, 0.1) is 12.3 Å². The smallest absolute Gasteiger partial charge is 0.191 e. The van der Waals surface area contributed by atoms with Crippen LogP contribution in [0.1, 0.15) is 30.2 Å². The minimum atomic E-state index is 0.218. The van der Waals surface area contributed by atoms with Crippen LogP contribution in [-0.2, 0) is 6.54 Å². The van der Waals surface area contributed by atoms with Crippen LogP contribution in [0.4, 0.5) is 5.82 Å². The van der Waals surface area contributed by atoms with Crippen molar-refractivity contribution in [2.45, 2.75) is 25.4 Å². The second kappa shape index (κ2) is 10.6. The van der Waals surface area contributed by atoms with Gasteiger partial charge in [-0.2, -0.15) is 0 Å². The molecule has 0 amide bonds. The number of pyridine rings is 1. The molecule has 0 bridgehead atoms. The highest BCUT2D eigenvalue weighted by Gasteiger charge is 2.25. The summed E-state index contributed by atoms with van der Waals surface area (Å²) >= 11 is 0. The van der Waals surface area contributed by atoms with Crippen molar-refractivity contribution in [3.05, 3.63) is 48.0 Å². The highest BCUT2D eigenvalue weighted by atomic mass is 16.3. The number of furan rings is 1. The molecule has 8 nitrogen and oxygen atoms in total. The van der Waals surface area contributed by atoms with Crippen molar-refractivity contribution >= 4 is 11.8 Å². The molecule has 1 unspecified atom stereocenters. The van der Waals surface area contributed by atoms with E-state index in [-0.39, 0.29) is 6.04 Å². The van der Waals surface area contributed by atoms with Crippen LogP contribution in [0.2, 0.25) is 0 Å². The highest BCUT2D eigenvalue weighted by Crippen LogP contribution is 2.25. The molecule has 2 fully saturated rings. The number of nitrogens with one attached hydrogen (secondary N) is 2. The van der Waals surface area contributed by atoms with Gasteiger partial charge in [0.25, 0.3) is 0 Å². The minimum absolute atomic E-state index is 0.218. The van der Waals surface area contributed by atoms with E-state index in [0.29, 0.717) is 6.54 Å². The first-order chi connectivity index (χ1) is 15.2. The molecular weight excluding hydrogens is 390 g/mol. The average molecular weight is 426 g/mol.